The Morgan fingerprint density at radius 3 is 2.78 bits per heavy atom. The molecule has 0 amide bonds. The van der Waals surface area contributed by atoms with Crippen LogP contribution in [0.2, 0.25) is 0 Å². The van der Waals surface area contributed by atoms with Crippen LogP contribution in [0, 0.1) is 6.92 Å². The van der Waals surface area contributed by atoms with Gasteiger partial charge < -0.3 is 10.2 Å². The molecule has 3 nitrogen and oxygen atoms in total. The molecule has 1 aliphatic rings. The van der Waals surface area contributed by atoms with E-state index in [0.29, 0.717) is 0 Å². The molecule has 0 unspecified atom stereocenters. The van der Waals surface area contributed by atoms with Gasteiger partial charge in [-0.05, 0) is 37.8 Å². The average molecular weight is 247 g/mol. The summed E-state index contributed by atoms with van der Waals surface area (Å²) in [5.41, 5.74) is 2.48. The fourth-order valence-electron chi connectivity index (χ4n) is 2.03. The first-order chi connectivity index (χ1) is 8.70. The van der Waals surface area contributed by atoms with E-state index in [4.69, 9.17) is 4.98 Å². The molecular weight excluding hydrogens is 222 g/mol. The largest absolute Gasteiger partial charge is 0.360 e. The van der Waals surface area contributed by atoms with Crippen molar-refractivity contribution in [3.8, 4) is 0 Å². The lowest BCUT2D eigenvalue weighted by molar-refractivity contribution is 0.681. The molecule has 100 valence electrons. The van der Waals surface area contributed by atoms with Crippen molar-refractivity contribution in [3.05, 3.63) is 23.4 Å². The highest BCUT2D eigenvalue weighted by Gasteiger charge is 2.20. The van der Waals surface area contributed by atoms with Gasteiger partial charge in [-0.3, -0.25) is 0 Å². The molecule has 0 aromatic carbocycles. The van der Waals surface area contributed by atoms with Crippen molar-refractivity contribution >= 4 is 5.82 Å². The van der Waals surface area contributed by atoms with Crippen LogP contribution in [0.3, 0.4) is 0 Å². The van der Waals surface area contributed by atoms with Crippen molar-refractivity contribution in [1.29, 1.82) is 0 Å². The number of nitrogens with one attached hydrogen (secondary N) is 1. The molecule has 1 heterocycles. The monoisotopic (exact) mass is 247 g/mol. The number of pyridine rings is 1. The van der Waals surface area contributed by atoms with Crippen molar-refractivity contribution < 1.29 is 0 Å². The quantitative estimate of drug-likeness (QED) is 0.803. The molecule has 0 bridgehead atoms. The van der Waals surface area contributed by atoms with Crippen molar-refractivity contribution in [2.75, 3.05) is 18.5 Å². The average Bonchev–Trinajstić information content (AvgIpc) is 3.18. The van der Waals surface area contributed by atoms with Crippen LogP contribution >= 0.6 is 0 Å². The van der Waals surface area contributed by atoms with Gasteiger partial charge in [0.2, 0.25) is 0 Å². The van der Waals surface area contributed by atoms with Gasteiger partial charge in [-0.15, -0.1) is 0 Å². The van der Waals surface area contributed by atoms with Gasteiger partial charge in [0.25, 0.3) is 0 Å². The Morgan fingerprint density at radius 2 is 2.17 bits per heavy atom. The van der Waals surface area contributed by atoms with E-state index in [1.54, 1.807) is 0 Å². The summed E-state index contributed by atoms with van der Waals surface area (Å²) in [7, 11) is 2.12. The van der Waals surface area contributed by atoms with E-state index in [2.05, 4.69) is 43.2 Å². The Kier molecular flexibility index (Phi) is 4.59. The van der Waals surface area contributed by atoms with E-state index in [9.17, 15) is 0 Å². The lowest BCUT2D eigenvalue weighted by Gasteiger charge is -2.19. The van der Waals surface area contributed by atoms with Gasteiger partial charge in [-0.2, -0.15) is 0 Å². The molecule has 1 aromatic rings. The minimum Gasteiger partial charge on any atom is -0.360 e. The van der Waals surface area contributed by atoms with E-state index >= 15 is 0 Å². The molecule has 2 rings (SSSR count). The van der Waals surface area contributed by atoms with Crippen LogP contribution in [-0.2, 0) is 6.54 Å². The van der Waals surface area contributed by atoms with E-state index in [1.807, 2.05) is 0 Å². The highest BCUT2D eigenvalue weighted by molar-refractivity contribution is 5.40. The zero-order valence-electron chi connectivity index (χ0n) is 11.9. The summed E-state index contributed by atoms with van der Waals surface area (Å²) < 4.78 is 0. The van der Waals surface area contributed by atoms with Gasteiger partial charge in [0.15, 0.2) is 0 Å². The fraction of sp³-hybridized carbons (Fsp3) is 0.667. The summed E-state index contributed by atoms with van der Waals surface area (Å²) >= 11 is 0. The Labute approximate surface area is 111 Å². The van der Waals surface area contributed by atoms with Crippen molar-refractivity contribution in [1.82, 2.24) is 10.3 Å². The summed E-state index contributed by atoms with van der Waals surface area (Å²) in [4.78, 5) is 6.95. The fourth-order valence-corrected chi connectivity index (χ4v) is 2.03. The second kappa shape index (κ2) is 6.19. The second-order valence-corrected chi connectivity index (χ2v) is 5.34. The van der Waals surface area contributed by atoms with Crippen LogP contribution in [0.1, 0.15) is 43.9 Å². The predicted molar refractivity (Wildman–Crippen MR) is 77.0 cm³/mol. The normalized spacial score (nSPS) is 14.8. The van der Waals surface area contributed by atoms with Crippen molar-refractivity contribution in [2.24, 2.45) is 0 Å². The third-order valence-corrected chi connectivity index (χ3v) is 3.58. The summed E-state index contributed by atoms with van der Waals surface area (Å²) in [6.45, 7) is 6.38. The third-order valence-electron chi connectivity index (χ3n) is 3.58. The molecule has 1 saturated carbocycles. The van der Waals surface area contributed by atoms with Crippen LogP contribution in [0.25, 0.3) is 0 Å². The van der Waals surface area contributed by atoms with Crippen LogP contribution in [0.4, 0.5) is 5.82 Å². The predicted octanol–water partition coefficient (Wildman–Crippen LogP) is 2.88. The molecule has 0 radical (unpaired) electrons. The maximum atomic E-state index is 4.71. The number of aryl methyl sites for hydroxylation is 1. The number of hydrogen-bond donors (Lipinski definition) is 1. The first kappa shape index (κ1) is 13.3. The molecule has 0 aliphatic heterocycles. The van der Waals surface area contributed by atoms with Crippen LogP contribution in [0.5, 0.6) is 0 Å². The minimum atomic E-state index is 0.760. The third kappa shape index (κ3) is 3.70. The number of hydrogen-bond acceptors (Lipinski definition) is 3. The topological polar surface area (TPSA) is 28.2 Å². The van der Waals surface area contributed by atoms with Gasteiger partial charge in [-0.1, -0.05) is 19.4 Å². The van der Waals surface area contributed by atoms with Crippen LogP contribution < -0.4 is 10.2 Å². The van der Waals surface area contributed by atoms with E-state index in [-0.39, 0.29) is 0 Å². The minimum absolute atomic E-state index is 0.760. The molecule has 0 spiro atoms. The van der Waals surface area contributed by atoms with Gasteiger partial charge >= 0.3 is 0 Å². The van der Waals surface area contributed by atoms with Crippen molar-refractivity contribution in [3.63, 3.8) is 0 Å². The van der Waals surface area contributed by atoms with Gasteiger partial charge in [0.1, 0.15) is 5.82 Å². The first-order valence-corrected chi connectivity index (χ1v) is 7.11. The maximum absolute atomic E-state index is 4.71. The summed E-state index contributed by atoms with van der Waals surface area (Å²) in [6.07, 6.45) is 5.13. The maximum Gasteiger partial charge on any atom is 0.128 e. The number of rotatable bonds is 7. The van der Waals surface area contributed by atoms with Gasteiger partial charge in [0, 0.05) is 31.9 Å². The zero-order valence-corrected chi connectivity index (χ0v) is 11.9. The summed E-state index contributed by atoms with van der Waals surface area (Å²) in [6, 6.07) is 5.12. The SMILES string of the molecule is CCCCN(C)c1ccc(CNC2CC2)c(C)n1. The van der Waals surface area contributed by atoms with E-state index in [1.165, 1.54) is 31.2 Å². The number of aromatic nitrogens is 1. The lowest BCUT2D eigenvalue weighted by atomic mass is 10.2. The van der Waals surface area contributed by atoms with Crippen LogP contribution in [0.15, 0.2) is 12.1 Å². The second-order valence-electron chi connectivity index (χ2n) is 5.34. The zero-order chi connectivity index (χ0) is 13.0. The van der Waals surface area contributed by atoms with Crippen LogP contribution in [-0.4, -0.2) is 24.6 Å². The lowest BCUT2D eigenvalue weighted by Crippen LogP contribution is -2.21. The molecular formula is C15H25N3. The smallest absolute Gasteiger partial charge is 0.128 e. The Hall–Kier alpha value is -1.09. The molecule has 1 N–H and O–H groups in total. The standard InChI is InChI=1S/C15H25N3/c1-4-5-10-18(3)15-9-6-13(12(2)17-15)11-16-14-7-8-14/h6,9,14,16H,4-5,7-8,10-11H2,1-3H3. The Morgan fingerprint density at radius 1 is 1.39 bits per heavy atom. The van der Waals surface area contributed by atoms with E-state index < -0.39 is 0 Å². The Bertz CT molecular complexity index is 385. The van der Waals surface area contributed by atoms with Gasteiger partial charge in [0.05, 0.1) is 0 Å². The number of unbranched alkanes of at least 4 members (excludes halogenated alkanes) is 1. The van der Waals surface area contributed by atoms with Crippen molar-refractivity contribution in [2.45, 2.75) is 52.1 Å². The molecule has 1 fully saturated rings. The summed E-state index contributed by atoms with van der Waals surface area (Å²) in [5, 5.41) is 3.54. The molecule has 1 aliphatic carbocycles. The summed E-state index contributed by atoms with van der Waals surface area (Å²) in [5.74, 6) is 1.09. The molecule has 0 atom stereocenters. The first-order valence-electron chi connectivity index (χ1n) is 7.11. The van der Waals surface area contributed by atoms with E-state index in [0.717, 1.165) is 30.6 Å². The Balaban J connectivity index is 1.94. The molecule has 0 saturated heterocycles. The van der Waals surface area contributed by atoms with Gasteiger partial charge in [-0.25, -0.2) is 4.98 Å². The number of nitrogens with zero attached hydrogens (tertiary/aromatic N) is 2. The highest BCUT2D eigenvalue weighted by atomic mass is 15.2. The number of anilines is 1. The highest BCUT2D eigenvalue weighted by Crippen LogP contribution is 2.20. The molecule has 1 aromatic heterocycles. The molecule has 18 heavy (non-hydrogen) atoms. The molecule has 3 heteroatoms.